The third kappa shape index (κ3) is 1.74. The Kier molecular flexibility index (Phi) is 2.44. The molecule has 2 rings (SSSR count). The number of hydrogen-bond donors (Lipinski definition) is 0. The molecule has 0 aliphatic rings. The third-order valence-corrected chi connectivity index (χ3v) is 2.21. The molecule has 0 spiro atoms. The van der Waals surface area contributed by atoms with Gasteiger partial charge in [-0.15, -0.1) is 0 Å². The zero-order valence-corrected chi connectivity index (χ0v) is 8.57. The van der Waals surface area contributed by atoms with Crippen molar-refractivity contribution in [3.63, 3.8) is 0 Å². The molecule has 0 aliphatic heterocycles. The number of rotatable bonds is 2. The van der Waals surface area contributed by atoms with Crippen molar-refractivity contribution in [2.45, 2.75) is 20.3 Å². The summed E-state index contributed by atoms with van der Waals surface area (Å²) >= 11 is 0. The predicted molar refractivity (Wildman–Crippen MR) is 58.1 cm³/mol. The van der Waals surface area contributed by atoms with E-state index in [0.717, 1.165) is 17.5 Å². The van der Waals surface area contributed by atoms with E-state index in [9.17, 15) is 0 Å². The van der Waals surface area contributed by atoms with Gasteiger partial charge >= 0.3 is 0 Å². The van der Waals surface area contributed by atoms with Crippen LogP contribution in [-0.2, 0) is 6.42 Å². The van der Waals surface area contributed by atoms with Gasteiger partial charge in [-0.25, -0.2) is 0 Å². The molecule has 0 amide bonds. The Bertz CT molecular complexity index is 430. The van der Waals surface area contributed by atoms with Crippen LogP contribution in [0.5, 0.6) is 0 Å². The Labute approximate surface area is 84.0 Å². The Hall–Kier alpha value is -1.44. The summed E-state index contributed by atoms with van der Waals surface area (Å²) in [6.07, 6.45) is 4.56. The molecule has 1 heterocycles. The van der Waals surface area contributed by atoms with Crippen molar-refractivity contribution >= 4 is 11.0 Å². The Morgan fingerprint density at radius 2 is 1.93 bits per heavy atom. The highest BCUT2D eigenvalue weighted by Gasteiger charge is 2.03. The van der Waals surface area contributed by atoms with Crippen LogP contribution in [0.4, 0.5) is 0 Å². The second-order valence-electron chi connectivity index (χ2n) is 3.94. The standard InChI is InChI=1S/C12H14N2/c1-9(2)8-10-4-3-5-11-12(10)14-7-6-13-11/h3-7,9H,8H2,1-2H3. The highest BCUT2D eigenvalue weighted by molar-refractivity contribution is 5.77. The molecule has 1 aromatic heterocycles. The van der Waals surface area contributed by atoms with E-state index < -0.39 is 0 Å². The van der Waals surface area contributed by atoms with Crippen LogP contribution >= 0.6 is 0 Å². The van der Waals surface area contributed by atoms with Crippen molar-refractivity contribution in [3.8, 4) is 0 Å². The molecule has 2 nitrogen and oxygen atoms in total. The van der Waals surface area contributed by atoms with Gasteiger partial charge in [-0.2, -0.15) is 0 Å². The van der Waals surface area contributed by atoms with Crippen LogP contribution in [0.3, 0.4) is 0 Å². The number of fused-ring (bicyclic) bond motifs is 1. The molecule has 0 radical (unpaired) electrons. The molecule has 0 atom stereocenters. The minimum atomic E-state index is 0.655. The first-order chi connectivity index (χ1) is 6.77. The molecular formula is C12H14N2. The summed E-state index contributed by atoms with van der Waals surface area (Å²) in [5.74, 6) is 0.655. The van der Waals surface area contributed by atoms with E-state index in [4.69, 9.17) is 0 Å². The highest BCUT2D eigenvalue weighted by Crippen LogP contribution is 2.16. The van der Waals surface area contributed by atoms with Gasteiger partial charge in [0.2, 0.25) is 0 Å². The molecule has 0 N–H and O–H groups in total. The summed E-state index contributed by atoms with van der Waals surface area (Å²) in [6, 6.07) is 6.19. The van der Waals surface area contributed by atoms with E-state index in [2.05, 4.69) is 35.9 Å². The molecule has 2 heteroatoms. The molecule has 0 saturated heterocycles. The third-order valence-electron chi connectivity index (χ3n) is 2.21. The zero-order valence-electron chi connectivity index (χ0n) is 8.57. The first kappa shape index (κ1) is 9.13. The molecule has 2 aromatic rings. The fourth-order valence-corrected chi connectivity index (χ4v) is 1.66. The fraction of sp³-hybridized carbons (Fsp3) is 0.333. The van der Waals surface area contributed by atoms with Crippen LogP contribution in [0, 0.1) is 5.92 Å². The average molecular weight is 186 g/mol. The van der Waals surface area contributed by atoms with Crippen LogP contribution < -0.4 is 0 Å². The average Bonchev–Trinajstić information content (AvgIpc) is 2.18. The minimum Gasteiger partial charge on any atom is -0.253 e. The van der Waals surface area contributed by atoms with Gasteiger partial charge in [-0.05, 0) is 24.0 Å². The molecule has 0 bridgehead atoms. The number of para-hydroxylation sites is 1. The van der Waals surface area contributed by atoms with E-state index in [0.29, 0.717) is 5.92 Å². The molecule has 14 heavy (non-hydrogen) atoms. The quantitative estimate of drug-likeness (QED) is 0.720. The van der Waals surface area contributed by atoms with Crippen molar-refractivity contribution in [2.75, 3.05) is 0 Å². The number of hydrogen-bond acceptors (Lipinski definition) is 2. The van der Waals surface area contributed by atoms with Gasteiger partial charge < -0.3 is 0 Å². The fourth-order valence-electron chi connectivity index (χ4n) is 1.66. The van der Waals surface area contributed by atoms with E-state index in [-0.39, 0.29) is 0 Å². The summed E-state index contributed by atoms with van der Waals surface area (Å²) < 4.78 is 0. The Morgan fingerprint density at radius 3 is 2.71 bits per heavy atom. The highest BCUT2D eigenvalue weighted by atomic mass is 14.8. The van der Waals surface area contributed by atoms with E-state index in [1.54, 1.807) is 12.4 Å². The van der Waals surface area contributed by atoms with Gasteiger partial charge in [-0.1, -0.05) is 26.0 Å². The first-order valence-electron chi connectivity index (χ1n) is 4.96. The maximum atomic E-state index is 4.37. The lowest BCUT2D eigenvalue weighted by atomic mass is 10.0. The van der Waals surface area contributed by atoms with E-state index >= 15 is 0 Å². The summed E-state index contributed by atoms with van der Waals surface area (Å²) in [5.41, 5.74) is 3.33. The molecule has 0 aliphatic carbocycles. The smallest absolute Gasteiger partial charge is 0.0918 e. The van der Waals surface area contributed by atoms with Gasteiger partial charge in [-0.3, -0.25) is 9.97 Å². The lowest BCUT2D eigenvalue weighted by Gasteiger charge is -2.06. The predicted octanol–water partition coefficient (Wildman–Crippen LogP) is 2.83. The zero-order chi connectivity index (χ0) is 9.97. The van der Waals surface area contributed by atoms with Gasteiger partial charge in [0.05, 0.1) is 11.0 Å². The van der Waals surface area contributed by atoms with E-state index in [1.807, 2.05) is 6.07 Å². The van der Waals surface area contributed by atoms with Gasteiger partial charge in [0.25, 0.3) is 0 Å². The molecule has 72 valence electrons. The number of nitrogens with zero attached hydrogens (tertiary/aromatic N) is 2. The van der Waals surface area contributed by atoms with Crippen LogP contribution in [0.1, 0.15) is 19.4 Å². The lowest BCUT2D eigenvalue weighted by molar-refractivity contribution is 0.649. The Morgan fingerprint density at radius 1 is 1.14 bits per heavy atom. The van der Waals surface area contributed by atoms with Crippen molar-refractivity contribution in [2.24, 2.45) is 5.92 Å². The number of benzene rings is 1. The first-order valence-corrected chi connectivity index (χ1v) is 4.96. The molecule has 0 unspecified atom stereocenters. The maximum absolute atomic E-state index is 4.37. The molecule has 1 aromatic carbocycles. The Balaban J connectivity index is 2.53. The monoisotopic (exact) mass is 186 g/mol. The van der Waals surface area contributed by atoms with Crippen LogP contribution in [0.2, 0.25) is 0 Å². The SMILES string of the molecule is CC(C)Cc1cccc2nccnc12. The van der Waals surface area contributed by atoms with E-state index in [1.165, 1.54) is 5.56 Å². The summed E-state index contributed by atoms with van der Waals surface area (Å²) in [5, 5.41) is 0. The minimum absolute atomic E-state index is 0.655. The van der Waals surface area contributed by atoms with Crippen molar-refractivity contribution in [1.29, 1.82) is 0 Å². The summed E-state index contributed by atoms with van der Waals surface area (Å²) in [6.45, 7) is 4.43. The van der Waals surface area contributed by atoms with Gasteiger partial charge in [0, 0.05) is 12.4 Å². The summed E-state index contributed by atoms with van der Waals surface area (Å²) in [4.78, 5) is 8.66. The maximum Gasteiger partial charge on any atom is 0.0918 e. The van der Waals surface area contributed by atoms with Crippen molar-refractivity contribution < 1.29 is 0 Å². The molecule has 0 saturated carbocycles. The normalized spacial score (nSPS) is 11.1. The van der Waals surface area contributed by atoms with Crippen LogP contribution in [0.15, 0.2) is 30.6 Å². The summed E-state index contributed by atoms with van der Waals surface area (Å²) in [7, 11) is 0. The second kappa shape index (κ2) is 3.74. The second-order valence-corrected chi connectivity index (χ2v) is 3.94. The topological polar surface area (TPSA) is 25.8 Å². The van der Waals surface area contributed by atoms with Crippen LogP contribution in [0.25, 0.3) is 11.0 Å². The van der Waals surface area contributed by atoms with Crippen molar-refractivity contribution in [3.05, 3.63) is 36.2 Å². The van der Waals surface area contributed by atoms with Crippen LogP contribution in [-0.4, -0.2) is 9.97 Å². The largest absolute Gasteiger partial charge is 0.253 e. The molecule has 0 fully saturated rings. The van der Waals surface area contributed by atoms with Gasteiger partial charge in [0.1, 0.15) is 0 Å². The van der Waals surface area contributed by atoms with Crippen molar-refractivity contribution in [1.82, 2.24) is 9.97 Å². The lowest BCUT2D eigenvalue weighted by Crippen LogP contribution is -1.96. The number of aromatic nitrogens is 2. The molecular weight excluding hydrogens is 172 g/mol. The van der Waals surface area contributed by atoms with Gasteiger partial charge in [0.15, 0.2) is 0 Å².